The monoisotopic (exact) mass is 380 g/mol. The summed E-state index contributed by atoms with van der Waals surface area (Å²) in [4.78, 5) is 11.8. The smallest absolute Gasteiger partial charge is 0.309 e. The van der Waals surface area contributed by atoms with Gasteiger partial charge in [-0.25, -0.2) is 0 Å². The van der Waals surface area contributed by atoms with Gasteiger partial charge in [-0.05, 0) is 68.3 Å². The molecule has 0 aromatic carbocycles. The molecule has 1 saturated carbocycles. The van der Waals surface area contributed by atoms with Gasteiger partial charge in [0.1, 0.15) is 6.10 Å². The third kappa shape index (κ3) is 4.82. The molecule has 4 N–H and O–H groups in total. The van der Waals surface area contributed by atoms with Crippen LogP contribution in [0.15, 0.2) is 23.3 Å². The van der Waals surface area contributed by atoms with Crippen molar-refractivity contribution in [1.82, 2.24) is 0 Å². The highest BCUT2D eigenvalue weighted by Crippen LogP contribution is 2.55. The van der Waals surface area contributed by atoms with Crippen LogP contribution < -0.4 is 0 Å². The fourth-order valence-electron chi connectivity index (χ4n) is 5.08. The van der Waals surface area contributed by atoms with Crippen LogP contribution in [0, 0.1) is 29.1 Å². The summed E-state index contributed by atoms with van der Waals surface area (Å²) in [6.07, 6.45) is 10.4. The lowest BCUT2D eigenvalue weighted by molar-refractivity contribution is -0.156. The number of allylic oxidation sites excluding steroid dienone is 4. The van der Waals surface area contributed by atoms with Gasteiger partial charge in [0.2, 0.25) is 0 Å². The second kappa shape index (κ2) is 9.35. The van der Waals surface area contributed by atoms with E-state index in [1.165, 1.54) is 24.8 Å². The Morgan fingerprint density at radius 1 is 1.26 bits per heavy atom. The molecule has 0 spiro atoms. The van der Waals surface area contributed by atoms with E-state index in [4.69, 9.17) is 15.3 Å². The third-order valence-electron chi connectivity index (χ3n) is 6.87. The van der Waals surface area contributed by atoms with Crippen LogP contribution in [0.1, 0.15) is 59.3 Å². The summed E-state index contributed by atoms with van der Waals surface area (Å²) >= 11 is 0. The van der Waals surface area contributed by atoms with Gasteiger partial charge in [-0.2, -0.15) is 0 Å². The maximum absolute atomic E-state index is 11.8. The van der Waals surface area contributed by atoms with Crippen molar-refractivity contribution in [3.05, 3.63) is 23.3 Å². The number of rotatable bonds is 4. The Morgan fingerprint density at radius 2 is 1.93 bits per heavy atom. The van der Waals surface area contributed by atoms with Gasteiger partial charge in [-0.1, -0.05) is 38.0 Å². The molecule has 4 atom stereocenters. The Balaban J connectivity index is 0.000000380. The van der Waals surface area contributed by atoms with Gasteiger partial charge < -0.3 is 20.4 Å². The van der Waals surface area contributed by atoms with Gasteiger partial charge in [0.15, 0.2) is 0 Å². The first kappa shape index (κ1) is 22.1. The molecule has 0 radical (unpaired) electrons. The van der Waals surface area contributed by atoms with Crippen LogP contribution in [0.2, 0.25) is 0 Å². The molecule has 0 saturated heterocycles. The summed E-state index contributed by atoms with van der Waals surface area (Å²) in [5, 5.41) is 33.7. The highest BCUT2D eigenvalue weighted by molar-refractivity contribution is 5.75. The lowest BCUT2D eigenvalue weighted by Gasteiger charge is -2.50. The number of fused-ring (bicyclic) bond motifs is 3. The van der Waals surface area contributed by atoms with Crippen molar-refractivity contribution >= 4 is 5.97 Å². The van der Waals surface area contributed by atoms with Crippen LogP contribution in [-0.4, -0.2) is 45.7 Å². The Morgan fingerprint density at radius 3 is 2.44 bits per heavy atom. The summed E-state index contributed by atoms with van der Waals surface area (Å²) in [5.74, 6) is 1.60. The zero-order chi connectivity index (χ0) is 20.2. The normalized spacial score (nSPS) is 32.7. The third-order valence-corrected chi connectivity index (χ3v) is 6.87. The Labute approximate surface area is 162 Å². The van der Waals surface area contributed by atoms with Crippen LogP contribution in [-0.2, 0) is 4.79 Å². The molecule has 5 heteroatoms. The fourth-order valence-corrected chi connectivity index (χ4v) is 5.08. The van der Waals surface area contributed by atoms with Crippen molar-refractivity contribution in [2.24, 2.45) is 29.1 Å². The van der Waals surface area contributed by atoms with E-state index in [0.29, 0.717) is 23.7 Å². The van der Waals surface area contributed by atoms with Crippen LogP contribution >= 0.6 is 0 Å². The van der Waals surface area contributed by atoms with Crippen LogP contribution in [0.3, 0.4) is 0 Å². The molecule has 2 unspecified atom stereocenters. The minimum atomic E-state index is -0.954. The largest absolute Gasteiger partial charge is 0.481 e. The van der Waals surface area contributed by atoms with E-state index in [9.17, 15) is 9.90 Å². The molecule has 1 fully saturated rings. The van der Waals surface area contributed by atoms with Crippen molar-refractivity contribution in [1.29, 1.82) is 0 Å². The number of aliphatic carboxylic acids is 1. The predicted octanol–water partition coefficient (Wildman–Crippen LogP) is 3.15. The Bertz CT molecular complexity index is 575. The summed E-state index contributed by atoms with van der Waals surface area (Å²) < 4.78 is 0. The van der Waals surface area contributed by atoms with E-state index in [1.54, 1.807) is 5.57 Å². The average molecular weight is 381 g/mol. The summed E-state index contributed by atoms with van der Waals surface area (Å²) in [5.41, 5.74) is 2.58. The second-order valence-corrected chi connectivity index (χ2v) is 8.86. The number of aliphatic hydroxyl groups excluding tert-OH is 3. The van der Waals surface area contributed by atoms with E-state index in [0.717, 1.165) is 19.3 Å². The Hall–Kier alpha value is -1.17. The molecule has 0 aromatic heterocycles. The minimum Gasteiger partial charge on any atom is -0.481 e. The molecular formula is C22H36O5. The highest BCUT2D eigenvalue weighted by Gasteiger charge is 2.50. The molecule has 3 aliphatic rings. The summed E-state index contributed by atoms with van der Waals surface area (Å²) in [6, 6.07) is 0. The van der Waals surface area contributed by atoms with Gasteiger partial charge in [0, 0.05) is 0 Å². The molecule has 5 nitrogen and oxygen atoms in total. The topological polar surface area (TPSA) is 98.0 Å². The zero-order valence-corrected chi connectivity index (χ0v) is 16.9. The first-order chi connectivity index (χ1) is 12.7. The molecule has 27 heavy (non-hydrogen) atoms. The van der Waals surface area contributed by atoms with Crippen LogP contribution in [0.25, 0.3) is 0 Å². The highest BCUT2D eigenvalue weighted by atomic mass is 16.4. The maximum Gasteiger partial charge on any atom is 0.309 e. The Kier molecular flexibility index (Phi) is 7.66. The zero-order valence-electron chi connectivity index (χ0n) is 16.9. The molecular weight excluding hydrogens is 344 g/mol. The van der Waals surface area contributed by atoms with Crippen molar-refractivity contribution in [2.45, 2.75) is 65.4 Å². The van der Waals surface area contributed by atoms with E-state index >= 15 is 0 Å². The minimum absolute atomic E-state index is 0.339. The number of aliphatic hydroxyl groups is 3. The number of hydrogen-bond donors (Lipinski definition) is 4. The van der Waals surface area contributed by atoms with Gasteiger partial charge in [-0.15, -0.1) is 0 Å². The van der Waals surface area contributed by atoms with Gasteiger partial charge in [0.05, 0.1) is 18.6 Å². The number of carboxylic acids is 1. The number of carboxylic acid groups (broad SMARTS) is 1. The molecule has 154 valence electrons. The van der Waals surface area contributed by atoms with Crippen LogP contribution in [0.4, 0.5) is 0 Å². The predicted molar refractivity (Wildman–Crippen MR) is 105 cm³/mol. The van der Waals surface area contributed by atoms with Gasteiger partial charge in [0.25, 0.3) is 0 Å². The lowest BCUT2D eigenvalue weighted by Crippen LogP contribution is -2.47. The van der Waals surface area contributed by atoms with E-state index < -0.39 is 17.5 Å². The SMILES string of the molecule is CC(C)C1=CC2=CCC3C(CCC[C@@]3(C)C(=O)O)[C@H]2CC1.OCC(O)CO. The fraction of sp³-hybridized carbons (Fsp3) is 0.773. The number of hydrogen-bond acceptors (Lipinski definition) is 4. The van der Waals surface area contributed by atoms with Gasteiger partial charge >= 0.3 is 5.97 Å². The average Bonchev–Trinajstić information content (AvgIpc) is 2.67. The van der Waals surface area contributed by atoms with Crippen LogP contribution in [0.5, 0.6) is 0 Å². The maximum atomic E-state index is 11.8. The molecule has 0 aliphatic heterocycles. The van der Waals surface area contributed by atoms with E-state index in [1.807, 2.05) is 6.92 Å². The number of carbonyl (C=O) groups is 1. The summed E-state index contributed by atoms with van der Waals surface area (Å²) in [7, 11) is 0. The quantitative estimate of drug-likeness (QED) is 0.601. The van der Waals surface area contributed by atoms with Crippen molar-refractivity contribution in [3.8, 4) is 0 Å². The first-order valence-electron chi connectivity index (χ1n) is 10.3. The standard InChI is InChI=1S/C19H28O2.C3H8O3/c1-12(2)13-6-8-15-14(11-13)7-9-17-16(15)5-4-10-19(17,3)18(20)21;4-1-3(6)2-5/h7,11-12,15-17H,4-6,8-10H2,1-3H3,(H,20,21);3-6H,1-2H2/t15-,16?,17?,19+;/m0./s1. The van der Waals surface area contributed by atoms with Crippen molar-refractivity contribution < 1.29 is 25.2 Å². The molecule has 3 rings (SSSR count). The van der Waals surface area contributed by atoms with E-state index in [2.05, 4.69) is 26.0 Å². The lowest BCUT2D eigenvalue weighted by atomic mass is 9.54. The first-order valence-corrected chi connectivity index (χ1v) is 10.3. The second-order valence-electron chi connectivity index (χ2n) is 8.86. The van der Waals surface area contributed by atoms with Crippen molar-refractivity contribution in [2.75, 3.05) is 13.2 Å². The molecule has 0 amide bonds. The molecule has 3 aliphatic carbocycles. The summed E-state index contributed by atoms with van der Waals surface area (Å²) in [6.45, 7) is 5.82. The molecule has 0 bridgehead atoms. The molecule has 0 heterocycles. The van der Waals surface area contributed by atoms with E-state index in [-0.39, 0.29) is 13.2 Å². The molecule has 0 aromatic rings. The van der Waals surface area contributed by atoms with Crippen molar-refractivity contribution in [3.63, 3.8) is 0 Å². The van der Waals surface area contributed by atoms with Gasteiger partial charge in [-0.3, -0.25) is 4.79 Å².